The van der Waals surface area contributed by atoms with Gasteiger partial charge in [-0.2, -0.15) is 0 Å². The van der Waals surface area contributed by atoms with Crippen molar-refractivity contribution in [3.8, 4) is 0 Å². The minimum atomic E-state index is -0.908. The zero-order valence-electron chi connectivity index (χ0n) is 15.0. The summed E-state index contributed by atoms with van der Waals surface area (Å²) in [4.78, 5) is 38.8. The second-order valence-corrected chi connectivity index (χ2v) is 7.92. The highest BCUT2D eigenvalue weighted by molar-refractivity contribution is 7.99. The molecule has 9 heteroatoms. The molecule has 2 heterocycles. The van der Waals surface area contributed by atoms with Crippen molar-refractivity contribution in [2.24, 2.45) is 5.73 Å². The quantitative estimate of drug-likeness (QED) is 0.595. The average Bonchev–Trinajstić information content (AvgIpc) is 3.33. The normalized spacial score (nSPS) is 22.3. The Balaban J connectivity index is 1.64. The van der Waals surface area contributed by atoms with E-state index in [9.17, 15) is 19.5 Å². The first kappa shape index (κ1) is 19.7. The van der Waals surface area contributed by atoms with Crippen LogP contribution in [0.15, 0.2) is 24.3 Å². The van der Waals surface area contributed by atoms with Gasteiger partial charge in [-0.05, 0) is 24.1 Å². The molecule has 8 nitrogen and oxygen atoms in total. The molecule has 0 aliphatic carbocycles. The zero-order valence-corrected chi connectivity index (χ0v) is 15.8. The molecule has 2 amide bonds. The largest absolute Gasteiger partial charge is 0.480 e. The van der Waals surface area contributed by atoms with Crippen LogP contribution in [0.4, 0.5) is 0 Å². The Morgan fingerprint density at radius 1 is 1.30 bits per heavy atom. The van der Waals surface area contributed by atoms with Gasteiger partial charge in [-0.25, -0.2) is 0 Å². The Bertz CT molecular complexity index is 706. The molecule has 0 saturated carbocycles. The third-order valence-corrected chi connectivity index (χ3v) is 5.91. The second kappa shape index (κ2) is 8.73. The topological polar surface area (TPSA) is 116 Å². The van der Waals surface area contributed by atoms with Gasteiger partial charge >= 0.3 is 5.97 Å². The summed E-state index contributed by atoms with van der Waals surface area (Å²) in [5.41, 5.74) is 6.57. The smallest absolute Gasteiger partial charge is 0.317 e. The fourth-order valence-corrected chi connectivity index (χ4v) is 4.44. The van der Waals surface area contributed by atoms with Crippen molar-refractivity contribution in [1.29, 1.82) is 0 Å². The predicted molar refractivity (Wildman–Crippen MR) is 102 cm³/mol. The lowest BCUT2D eigenvalue weighted by atomic mass is 10.1. The lowest BCUT2D eigenvalue weighted by Crippen LogP contribution is -2.42. The minimum absolute atomic E-state index is 0.0406. The van der Waals surface area contributed by atoms with Gasteiger partial charge in [0, 0.05) is 37.0 Å². The molecule has 2 aliphatic heterocycles. The van der Waals surface area contributed by atoms with Gasteiger partial charge in [0.05, 0.1) is 18.5 Å². The molecule has 0 radical (unpaired) electrons. The standard InChI is InChI=1S/C18H24N4O4S/c19-17(25)13-3-1-12(2-4-13)9-22(10-16(23)24)14-7-15(20-8-14)18(26)21-5-6-27-11-21/h1-4,14-15,20H,5-11H2,(H2,19,25)(H,23,24)/t14-,15-/m0/s1. The van der Waals surface area contributed by atoms with Crippen LogP contribution in [0.1, 0.15) is 22.3 Å². The summed E-state index contributed by atoms with van der Waals surface area (Å²) in [6.45, 7) is 1.67. The number of carboxylic acids is 1. The summed E-state index contributed by atoms with van der Waals surface area (Å²) in [6.07, 6.45) is 0.590. The average molecular weight is 392 g/mol. The predicted octanol–water partition coefficient (Wildman–Crippen LogP) is -0.0645. The zero-order chi connectivity index (χ0) is 19.4. The van der Waals surface area contributed by atoms with E-state index in [1.54, 1.807) is 36.0 Å². The van der Waals surface area contributed by atoms with E-state index in [1.165, 1.54) is 0 Å². The summed E-state index contributed by atoms with van der Waals surface area (Å²) in [6, 6.07) is 6.54. The maximum atomic E-state index is 12.6. The molecule has 0 bridgehead atoms. The van der Waals surface area contributed by atoms with Crippen molar-refractivity contribution >= 4 is 29.5 Å². The number of carbonyl (C=O) groups excluding carboxylic acids is 2. The van der Waals surface area contributed by atoms with Gasteiger partial charge in [0.1, 0.15) is 0 Å². The van der Waals surface area contributed by atoms with E-state index >= 15 is 0 Å². The number of aliphatic carboxylic acids is 1. The summed E-state index contributed by atoms with van der Waals surface area (Å²) >= 11 is 1.75. The molecule has 1 aromatic carbocycles. The fraction of sp³-hybridized carbons (Fsp3) is 0.500. The van der Waals surface area contributed by atoms with Crippen LogP contribution in [0.2, 0.25) is 0 Å². The molecular formula is C18H24N4O4S. The van der Waals surface area contributed by atoms with Crippen LogP contribution in [-0.4, -0.2) is 76.0 Å². The minimum Gasteiger partial charge on any atom is -0.480 e. The molecule has 2 atom stereocenters. The SMILES string of the molecule is NC(=O)c1ccc(CN(CC(=O)O)[C@@H]2CN[C@H](C(=O)N3CCSC3)C2)cc1. The van der Waals surface area contributed by atoms with Gasteiger partial charge in [-0.1, -0.05) is 12.1 Å². The van der Waals surface area contributed by atoms with Crippen LogP contribution in [-0.2, 0) is 16.1 Å². The van der Waals surface area contributed by atoms with E-state index in [4.69, 9.17) is 5.73 Å². The number of carbonyl (C=O) groups is 3. The Labute approximate surface area is 162 Å². The van der Waals surface area contributed by atoms with Crippen molar-refractivity contribution < 1.29 is 19.5 Å². The molecule has 146 valence electrons. The second-order valence-electron chi connectivity index (χ2n) is 6.85. The highest BCUT2D eigenvalue weighted by Gasteiger charge is 2.36. The first-order chi connectivity index (χ1) is 12.9. The van der Waals surface area contributed by atoms with Crippen LogP contribution in [0.5, 0.6) is 0 Å². The van der Waals surface area contributed by atoms with Crippen LogP contribution < -0.4 is 11.1 Å². The Morgan fingerprint density at radius 3 is 2.63 bits per heavy atom. The number of primary amides is 1. The van der Waals surface area contributed by atoms with Crippen molar-refractivity contribution in [1.82, 2.24) is 15.1 Å². The number of nitrogens with two attached hydrogens (primary N) is 1. The number of carboxylic acid groups (broad SMARTS) is 1. The van der Waals surface area contributed by atoms with E-state index in [0.29, 0.717) is 25.1 Å². The van der Waals surface area contributed by atoms with E-state index < -0.39 is 11.9 Å². The van der Waals surface area contributed by atoms with Gasteiger partial charge in [0.25, 0.3) is 0 Å². The number of rotatable bonds is 7. The molecule has 3 rings (SSSR count). The number of hydrogen-bond acceptors (Lipinski definition) is 6. The highest BCUT2D eigenvalue weighted by atomic mass is 32.2. The van der Waals surface area contributed by atoms with E-state index in [-0.39, 0.29) is 24.5 Å². The van der Waals surface area contributed by atoms with E-state index in [1.807, 2.05) is 9.80 Å². The van der Waals surface area contributed by atoms with Crippen LogP contribution >= 0.6 is 11.8 Å². The van der Waals surface area contributed by atoms with Gasteiger partial charge in [0.15, 0.2) is 0 Å². The van der Waals surface area contributed by atoms with Gasteiger partial charge in [-0.3, -0.25) is 19.3 Å². The summed E-state index contributed by atoms with van der Waals surface area (Å²) in [5, 5.41) is 12.5. The molecule has 0 spiro atoms. The maximum Gasteiger partial charge on any atom is 0.317 e. The monoisotopic (exact) mass is 392 g/mol. The van der Waals surface area contributed by atoms with Crippen LogP contribution in [0.3, 0.4) is 0 Å². The molecule has 2 fully saturated rings. The summed E-state index contributed by atoms with van der Waals surface area (Å²) < 4.78 is 0. The lowest BCUT2D eigenvalue weighted by molar-refractivity contribution is -0.139. The number of amides is 2. The van der Waals surface area contributed by atoms with Crippen LogP contribution in [0, 0.1) is 0 Å². The number of nitrogens with one attached hydrogen (secondary N) is 1. The molecule has 2 aliphatic rings. The number of nitrogens with zero attached hydrogens (tertiary/aromatic N) is 2. The Morgan fingerprint density at radius 2 is 2.04 bits per heavy atom. The lowest BCUT2D eigenvalue weighted by Gasteiger charge is -2.27. The van der Waals surface area contributed by atoms with Crippen molar-refractivity contribution in [2.45, 2.75) is 25.0 Å². The molecule has 1 aromatic rings. The Kier molecular flexibility index (Phi) is 6.35. The van der Waals surface area contributed by atoms with Crippen molar-refractivity contribution in [3.05, 3.63) is 35.4 Å². The van der Waals surface area contributed by atoms with Gasteiger partial charge < -0.3 is 21.1 Å². The van der Waals surface area contributed by atoms with Gasteiger partial charge in [0.2, 0.25) is 11.8 Å². The van der Waals surface area contributed by atoms with Crippen LogP contribution in [0.25, 0.3) is 0 Å². The molecule has 0 aromatic heterocycles. The maximum absolute atomic E-state index is 12.6. The Hall–Kier alpha value is -2.10. The van der Waals surface area contributed by atoms with E-state index in [2.05, 4.69) is 5.32 Å². The third-order valence-electron chi connectivity index (χ3n) is 4.95. The number of hydrogen-bond donors (Lipinski definition) is 3. The van der Waals surface area contributed by atoms with Crippen molar-refractivity contribution in [3.63, 3.8) is 0 Å². The third kappa shape index (κ3) is 5.00. The molecule has 2 saturated heterocycles. The van der Waals surface area contributed by atoms with Crippen molar-refractivity contribution in [2.75, 3.05) is 31.3 Å². The first-order valence-corrected chi connectivity index (χ1v) is 10.0. The highest BCUT2D eigenvalue weighted by Crippen LogP contribution is 2.21. The van der Waals surface area contributed by atoms with E-state index in [0.717, 1.165) is 23.7 Å². The van der Waals surface area contributed by atoms with Gasteiger partial charge in [-0.15, -0.1) is 11.8 Å². The number of benzene rings is 1. The summed E-state index contributed by atoms with van der Waals surface area (Å²) in [7, 11) is 0. The molecular weight excluding hydrogens is 368 g/mol. The molecule has 27 heavy (non-hydrogen) atoms. The molecule has 4 N–H and O–H groups in total. The first-order valence-electron chi connectivity index (χ1n) is 8.88. The fourth-order valence-electron chi connectivity index (χ4n) is 3.49. The summed E-state index contributed by atoms with van der Waals surface area (Å²) in [5.74, 6) is 0.393. The number of thioether (sulfide) groups is 1. The molecule has 0 unspecified atom stereocenters.